The highest BCUT2D eigenvalue weighted by Crippen LogP contribution is 2.35. The Morgan fingerprint density at radius 3 is 1.64 bits per heavy atom. The van der Waals surface area contributed by atoms with Gasteiger partial charge in [-0.05, 0) is 64.1 Å². The fourth-order valence-corrected chi connectivity index (χ4v) is 8.03. The Balaban J connectivity index is 0.939. The van der Waals surface area contributed by atoms with Crippen LogP contribution in [0.1, 0.15) is 12.0 Å². The van der Waals surface area contributed by atoms with E-state index in [1.54, 1.807) is 0 Å². The third-order valence-electron chi connectivity index (χ3n) is 11.1. The maximum absolute atomic E-state index is 5.16. The molecule has 0 fully saturated rings. The third-order valence-corrected chi connectivity index (χ3v) is 11.1. The molecule has 0 aliphatic heterocycles. The first-order valence-corrected chi connectivity index (χ1v) is 19.6. The van der Waals surface area contributed by atoms with Gasteiger partial charge in [0, 0.05) is 33.8 Å². The Labute approximate surface area is 336 Å². The second kappa shape index (κ2) is 14.1. The third kappa shape index (κ3) is 6.06. The lowest BCUT2D eigenvalue weighted by molar-refractivity contribution is 1.18. The summed E-state index contributed by atoms with van der Waals surface area (Å²) in [5.41, 5.74) is 17.7. The van der Waals surface area contributed by atoms with Crippen LogP contribution in [0.15, 0.2) is 200 Å². The van der Waals surface area contributed by atoms with Crippen LogP contribution in [0.3, 0.4) is 0 Å². The van der Waals surface area contributed by atoms with E-state index in [9.17, 15) is 0 Å². The summed E-state index contributed by atoms with van der Waals surface area (Å²) in [4.78, 5) is 20.5. The van der Waals surface area contributed by atoms with E-state index in [1.807, 2.05) is 36.4 Å². The lowest BCUT2D eigenvalue weighted by Crippen LogP contribution is -1.96. The van der Waals surface area contributed by atoms with Crippen molar-refractivity contribution in [3.8, 4) is 67.4 Å². The van der Waals surface area contributed by atoms with Crippen molar-refractivity contribution in [3.63, 3.8) is 0 Å². The molecule has 58 heavy (non-hydrogen) atoms. The van der Waals surface area contributed by atoms with E-state index in [2.05, 4.69) is 168 Å². The highest BCUT2D eigenvalue weighted by molar-refractivity contribution is 6.09. The number of aromatic nitrogens is 5. The van der Waals surface area contributed by atoms with Crippen LogP contribution in [-0.2, 0) is 0 Å². The number of rotatable bonds is 7. The number of hydrogen-bond donors (Lipinski definition) is 0. The molecule has 272 valence electrons. The van der Waals surface area contributed by atoms with Crippen molar-refractivity contribution in [1.29, 1.82) is 0 Å². The van der Waals surface area contributed by atoms with Crippen LogP contribution in [0.25, 0.3) is 101 Å². The Bertz CT molecular complexity index is 3200. The van der Waals surface area contributed by atoms with E-state index < -0.39 is 0 Å². The molecule has 0 saturated carbocycles. The second-order valence-electron chi connectivity index (χ2n) is 14.7. The highest BCUT2D eigenvalue weighted by atomic mass is 15.0. The standard InChI is InChI=1S/C53H35N5/c1-2-10-35(11-3-1)37-17-25-41(26-18-37)47-34-48(56-53(55-47)44-31-23-38(24-32-44)36-12-4-5-13-36)42-27-19-39(20-28-42)40-21-29-43(30-22-40)50-52-51(45-14-6-7-15-46(45)54-50)57-49-16-8-9-33-58(49)52/h1-4,6-34H,5H2. The number of hydrogen-bond acceptors (Lipinski definition) is 4. The molecule has 5 heteroatoms. The maximum atomic E-state index is 5.16. The summed E-state index contributed by atoms with van der Waals surface area (Å²) in [6, 6.07) is 61.5. The molecule has 1 aliphatic carbocycles. The molecule has 0 bridgehead atoms. The van der Waals surface area contributed by atoms with E-state index in [1.165, 1.54) is 22.3 Å². The zero-order valence-corrected chi connectivity index (χ0v) is 31.5. The van der Waals surface area contributed by atoms with Crippen LogP contribution in [0.4, 0.5) is 0 Å². The Morgan fingerprint density at radius 1 is 0.431 bits per heavy atom. The summed E-state index contributed by atoms with van der Waals surface area (Å²) in [5.74, 6) is 0.698. The average Bonchev–Trinajstić information content (AvgIpc) is 3.99. The van der Waals surface area contributed by atoms with Gasteiger partial charge in [-0.2, -0.15) is 0 Å². The van der Waals surface area contributed by atoms with Gasteiger partial charge in [0.1, 0.15) is 11.2 Å². The molecular formula is C53H35N5. The van der Waals surface area contributed by atoms with Gasteiger partial charge in [-0.3, -0.25) is 4.40 Å². The number of imidazole rings is 1. The summed E-state index contributed by atoms with van der Waals surface area (Å²) in [6.45, 7) is 0. The molecule has 0 spiro atoms. The minimum absolute atomic E-state index is 0.698. The molecule has 0 amide bonds. The molecule has 5 nitrogen and oxygen atoms in total. The molecule has 0 radical (unpaired) electrons. The monoisotopic (exact) mass is 741 g/mol. The topological polar surface area (TPSA) is 56.0 Å². The van der Waals surface area contributed by atoms with Crippen LogP contribution in [0.5, 0.6) is 0 Å². The van der Waals surface area contributed by atoms with Gasteiger partial charge in [0.15, 0.2) is 5.82 Å². The van der Waals surface area contributed by atoms with Gasteiger partial charge in [0.25, 0.3) is 0 Å². The first kappa shape index (κ1) is 33.6. The molecule has 1 aliphatic rings. The van der Waals surface area contributed by atoms with Gasteiger partial charge in [0.05, 0.1) is 28.1 Å². The van der Waals surface area contributed by atoms with Gasteiger partial charge < -0.3 is 0 Å². The normalized spacial score (nSPS) is 12.4. The molecule has 0 saturated heterocycles. The molecular weight excluding hydrogens is 707 g/mol. The van der Waals surface area contributed by atoms with Gasteiger partial charge in [-0.1, -0.05) is 170 Å². The molecule has 0 N–H and O–H groups in total. The average molecular weight is 742 g/mol. The number of para-hydroxylation sites is 1. The minimum Gasteiger partial charge on any atom is -0.298 e. The largest absolute Gasteiger partial charge is 0.298 e. The van der Waals surface area contributed by atoms with Crippen molar-refractivity contribution in [1.82, 2.24) is 24.3 Å². The van der Waals surface area contributed by atoms with Crippen molar-refractivity contribution in [2.45, 2.75) is 6.42 Å². The van der Waals surface area contributed by atoms with E-state index in [-0.39, 0.29) is 0 Å². The van der Waals surface area contributed by atoms with Crippen LogP contribution in [0, 0.1) is 0 Å². The van der Waals surface area contributed by atoms with Crippen LogP contribution >= 0.6 is 0 Å². The van der Waals surface area contributed by atoms with E-state index in [4.69, 9.17) is 19.9 Å². The lowest BCUT2D eigenvalue weighted by Gasteiger charge is -2.11. The van der Waals surface area contributed by atoms with Crippen molar-refractivity contribution < 1.29 is 0 Å². The van der Waals surface area contributed by atoms with E-state index in [0.29, 0.717) is 5.82 Å². The van der Waals surface area contributed by atoms with E-state index in [0.717, 1.165) is 84.5 Å². The number of nitrogens with zero attached hydrogens (tertiary/aromatic N) is 5. The molecule has 11 rings (SSSR count). The summed E-state index contributed by atoms with van der Waals surface area (Å²) in [7, 11) is 0. The molecule has 4 aromatic heterocycles. The zero-order valence-electron chi connectivity index (χ0n) is 31.5. The first-order chi connectivity index (χ1) is 28.7. The molecule has 0 atom stereocenters. The van der Waals surface area contributed by atoms with Crippen LogP contribution < -0.4 is 0 Å². The first-order valence-electron chi connectivity index (χ1n) is 19.6. The van der Waals surface area contributed by atoms with E-state index >= 15 is 0 Å². The van der Waals surface area contributed by atoms with Crippen LogP contribution in [-0.4, -0.2) is 24.3 Å². The maximum Gasteiger partial charge on any atom is 0.160 e. The Morgan fingerprint density at radius 2 is 0.983 bits per heavy atom. The quantitative estimate of drug-likeness (QED) is 0.163. The van der Waals surface area contributed by atoms with Gasteiger partial charge in [-0.15, -0.1) is 0 Å². The fourth-order valence-electron chi connectivity index (χ4n) is 8.03. The van der Waals surface area contributed by atoms with Crippen molar-refractivity contribution in [3.05, 3.63) is 206 Å². The Hall–Kier alpha value is -7.76. The number of pyridine rings is 2. The van der Waals surface area contributed by atoms with Crippen molar-refractivity contribution in [2.75, 3.05) is 0 Å². The number of fused-ring (bicyclic) bond motifs is 5. The predicted molar refractivity (Wildman–Crippen MR) is 238 cm³/mol. The molecule has 0 unspecified atom stereocenters. The summed E-state index contributed by atoms with van der Waals surface area (Å²) in [5, 5.41) is 1.05. The van der Waals surface area contributed by atoms with Gasteiger partial charge in [-0.25, -0.2) is 19.9 Å². The smallest absolute Gasteiger partial charge is 0.160 e. The zero-order chi connectivity index (χ0) is 38.4. The number of allylic oxidation sites excluding steroid dienone is 4. The second-order valence-corrected chi connectivity index (χ2v) is 14.7. The van der Waals surface area contributed by atoms with Gasteiger partial charge >= 0.3 is 0 Å². The number of benzene rings is 6. The molecule has 6 aromatic carbocycles. The van der Waals surface area contributed by atoms with Crippen molar-refractivity contribution >= 4 is 33.2 Å². The summed E-state index contributed by atoms with van der Waals surface area (Å²) in [6.07, 6.45) is 9.67. The highest BCUT2D eigenvalue weighted by Gasteiger charge is 2.17. The lowest BCUT2D eigenvalue weighted by atomic mass is 9.99. The van der Waals surface area contributed by atoms with Crippen molar-refractivity contribution in [2.24, 2.45) is 0 Å². The summed E-state index contributed by atoms with van der Waals surface area (Å²) < 4.78 is 2.14. The van der Waals surface area contributed by atoms with Gasteiger partial charge in [0.2, 0.25) is 0 Å². The summed E-state index contributed by atoms with van der Waals surface area (Å²) >= 11 is 0. The van der Waals surface area contributed by atoms with Crippen LogP contribution in [0.2, 0.25) is 0 Å². The minimum atomic E-state index is 0.698. The predicted octanol–water partition coefficient (Wildman–Crippen LogP) is 13.2. The molecule has 10 aromatic rings. The molecule has 4 heterocycles. The Kier molecular flexibility index (Phi) is 8.14. The SMILES string of the molecule is C1=CC(c2ccc(-c3nc(-c4ccc(-c5ccccc5)cc4)cc(-c4ccc(-c5ccc(-c6nc7ccccc7c7nc8ccccn8c67)cc5)cc4)n3)cc2)=CC1. The fraction of sp³-hybridized carbons (Fsp3) is 0.0189.